The number of aromatic amines is 1. The minimum Gasteiger partial charge on any atom is -0.360 e. The summed E-state index contributed by atoms with van der Waals surface area (Å²) in [6.45, 7) is 1.46. The molecule has 1 aliphatic rings. The number of H-pyrrole nitrogens is 1. The van der Waals surface area contributed by atoms with Gasteiger partial charge in [-0.3, -0.25) is 9.78 Å². The predicted octanol–water partition coefficient (Wildman–Crippen LogP) is 1.27. The van der Waals surface area contributed by atoms with Crippen molar-refractivity contribution in [2.24, 2.45) is 0 Å². The molecule has 1 atom stereocenters. The van der Waals surface area contributed by atoms with E-state index in [2.05, 4.69) is 35.1 Å². The van der Waals surface area contributed by atoms with Crippen molar-refractivity contribution < 1.29 is 4.79 Å². The molecule has 4 heterocycles. The van der Waals surface area contributed by atoms with E-state index in [0.29, 0.717) is 18.2 Å². The van der Waals surface area contributed by atoms with Crippen molar-refractivity contribution in [1.82, 2.24) is 30.2 Å². The molecule has 4 rings (SSSR count). The van der Waals surface area contributed by atoms with Crippen LogP contribution in [0.15, 0.2) is 49.2 Å². The number of anilines is 1. The van der Waals surface area contributed by atoms with Gasteiger partial charge in [-0.15, -0.1) is 0 Å². The van der Waals surface area contributed by atoms with E-state index in [1.54, 1.807) is 12.4 Å². The maximum atomic E-state index is 12.2. The third kappa shape index (κ3) is 3.32. The predicted molar refractivity (Wildman–Crippen MR) is 91.9 cm³/mol. The van der Waals surface area contributed by atoms with E-state index >= 15 is 0 Å². The van der Waals surface area contributed by atoms with E-state index in [0.717, 1.165) is 24.4 Å². The van der Waals surface area contributed by atoms with Gasteiger partial charge in [0.25, 0.3) is 5.91 Å². The van der Waals surface area contributed by atoms with Gasteiger partial charge >= 0.3 is 0 Å². The monoisotopic (exact) mass is 335 g/mol. The Balaban J connectivity index is 1.43. The van der Waals surface area contributed by atoms with E-state index in [1.165, 1.54) is 12.4 Å². The van der Waals surface area contributed by atoms with Gasteiger partial charge in [0, 0.05) is 43.9 Å². The second kappa shape index (κ2) is 6.68. The van der Waals surface area contributed by atoms with Crippen molar-refractivity contribution in [3.8, 4) is 11.4 Å². The highest BCUT2D eigenvalue weighted by molar-refractivity contribution is 5.92. The number of aromatic nitrogens is 5. The Morgan fingerprint density at radius 2 is 2.20 bits per heavy atom. The lowest BCUT2D eigenvalue weighted by Crippen LogP contribution is -2.37. The Hall–Kier alpha value is -3.29. The zero-order valence-electron chi connectivity index (χ0n) is 13.5. The number of nitrogens with zero attached hydrogens (tertiary/aromatic N) is 5. The lowest BCUT2D eigenvalue weighted by Gasteiger charge is -2.17. The summed E-state index contributed by atoms with van der Waals surface area (Å²) in [5.41, 5.74) is 2.13. The number of carbonyl (C=O) groups excluding carboxylic acids is 1. The topological polar surface area (TPSA) is 99.7 Å². The number of nitrogens with one attached hydrogen (secondary N) is 2. The summed E-state index contributed by atoms with van der Waals surface area (Å²) < 4.78 is 0. The molecule has 0 aromatic carbocycles. The molecule has 126 valence electrons. The molecule has 1 aliphatic heterocycles. The molecule has 1 saturated heterocycles. The van der Waals surface area contributed by atoms with Crippen LogP contribution >= 0.6 is 0 Å². The number of rotatable bonds is 4. The zero-order chi connectivity index (χ0) is 17.1. The SMILES string of the molecule is O=C(NC1CCN(c2nccc(-c3ccc[nH]3)n2)C1)c1cnccn1. The van der Waals surface area contributed by atoms with E-state index < -0.39 is 0 Å². The van der Waals surface area contributed by atoms with Crippen LogP contribution in [0.25, 0.3) is 11.4 Å². The van der Waals surface area contributed by atoms with Gasteiger partial charge in [0.05, 0.1) is 17.6 Å². The Morgan fingerprint density at radius 1 is 1.24 bits per heavy atom. The standard InChI is InChI=1S/C17H17N7O/c25-16(15-10-18-7-8-20-15)22-12-4-9-24(11-12)17-21-6-3-14(23-17)13-2-1-5-19-13/h1-3,5-8,10,12,19H,4,9,11H2,(H,22,25). The van der Waals surface area contributed by atoms with Crippen LogP contribution in [0, 0.1) is 0 Å². The Bertz CT molecular complexity index is 850. The van der Waals surface area contributed by atoms with Gasteiger partial charge < -0.3 is 15.2 Å². The molecule has 0 bridgehead atoms. The average Bonchev–Trinajstić information content (AvgIpc) is 3.35. The second-order valence-corrected chi connectivity index (χ2v) is 5.82. The summed E-state index contributed by atoms with van der Waals surface area (Å²) in [5.74, 6) is 0.462. The first-order valence-corrected chi connectivity index (χ1v) is 8.08. The van der Waals surface area contributed by atoms with Crippen molar-refractivity contribution in [3.63, 3.8) is 0 Å². The Kier molecular flexibility index (Phi) is 4.07. The third-order valence-electron chi connectivity index (χ3n) is 4.12. The highest BCUT2D eigenvalue weighted by Gasteiger charge is 2.26. The van der Waals surface area contributed by atoms with Crippen LogP contribution in [-0.4, -0.2) is 50.0 Å². The summed E-state index contributed by atoms with van der Waals surface area (Å²) >= 11 is 0. The summed E-state index contributed by atoms with van der Waals surface area (Å²) in [6.07, 6.45) is 8.97. The Morgan fingerprint density at radius 3 is 3.00 bits per heavy atom. The summed E-state index contributed by atoms with van der Waals surface area (Å²) in [4.78, 5) is 34.3. The summed E-state index contributed by atoms with van der Waals surface area (Å²) in [6, 6.07) is 5.82. The summed E-state index contributed by atoms with van der Waals surface area (Å²) in [5, 5.41) is 2.99. The molecular formula is C17H17N7O. The molecule has 1 unspecified atom stereocenters. The van der Waals surface area contributed by atoms with E-state index in [-0.39, 0.29) is 11.9 Å². The van der Waals surface area contributed by atoms with E-state index in [4.69, 9.17) is 0 Å². The quantitative estimate of drug-likeness (QED) is 0.745. The zero-order valence-corrected chi connectivity index (χ0v) is 13.5. The van der Waals surface area contributed by atoms with Crippen molar-refractivity contribution in [1.29, 1.82) is 0 Å². The first kappa shape index (κ1) is 15.3. The highest BCUT2D eigenvalue weighted by atomic mass is 16.2. The molecule has 0 saturated carbocycles. The van der Waals surface area contributed by atoms with E-state index in [1.807, 2.05) is 24.4 Å². The van der Waals surface area contributed by atoms with Gasteiger partial charge in [-0.1, -0.05) is 0 Å². The van der Waals surface area contributed by atoms with Crippen molar-refractivity contribution in [2.45, 2.75) is 12.5 Å². The van der Waals surface area contributed by atoms with Gasteiger partial charge in [-0.05, 0) is 24.6 Å². The number of hydrogen-bond acceptors (Lipinski definition) is 6. The van der Waals surface area contributed by atoms with Crippen LogP contribution < -0.4 is 10.2 Å². The van der Waals surface area contributed by atoms with Gasteiger partial charge in [0.15, 0.2) is 0 Å². The maximum Gasteiger partial charge on any atom is 0.271 e. The third-order valence-corrected chi connectivity index (χ3v) is 4.12. The molecule has 0 radical (unpaired) electrons. The first-order valence-electron chi connectivity index (χ1n) is 8.08. The van der Waals surface area contributed by atoms with Crippen LogP contribution in [0.5, 0.6) is 0 Å². The normalized spacial score (nSPS) is 16.8. The van der Waals surface area contributed by atoms with Crippen molar-refractivity contribution in [2.75, 3.05) is 18.0 Å². The van der Waals surface area contributed by atoms with Gasteiger partial charge in [0.1, 0.15) is 5.69 Å². The lowest BCUT2D eigenvalue weighted by atomic mass is 10.2. The van der Waals surface area contributed by atoms with Crippen molar-refractivity contribution >= 4 is 11.9 Å². The fraction of sp³-hybridized carbons (Fsp3) is 0.235. The van der Waals surface area contributed by atoms with Gasteiger partial charge in [0.2, 0.25) is 5.95 Å². The molecule has 1 amide bonds. The molecule has 3 aromatic rings. The van der Waals surface area contributed by atoms with Crippen LogP contribution in [0.3, 0.4) is 0 Å². The fourth-order valence-electron chi connectivity index (χ4n) is 2.88. The average molecular weight is 335 g/mol. The minimum absolute atomic E-state index is 0.0345. The van der Waals surface area contributed by atoms with Gasteiger partial charge in [-0.2, -0.15) is 0 Å². The van der Waals surface area contributed by atoms with Crippen molar-refractivity contribution in [3.05, 3.63) is 54.9 Å². The molecule has 0 aliphatic carbocycles. The van der Waals surface area contributed by atoms with Crippen LogP contribution in [0.1, 0.15) is 16.9 Å². The number of amides is 1. The number of hydrogen-bond donors (Lipinski definition) is 2. The fourth-order valence-corrected chi connectivity index (χ4v) is 2.88. The Labute approximate surface area is 144 Å². The molecule has 3 aromatic heterocycles. The molecular weight excluding hydrogens is 318 g/mol. The second-order valence-electron chi connectivity index (χ2n) is 5.82. The van der Waals surface area contributed by atoms with Crippen LogP contribution in [0.4, 0.5) is 5.95 Å². The molecule has 8 heteroatoms. The number of carbonyl (C=O) groups is 1. The lowest BCUT2D eigenvalue weighted by molar-refractivity contribution is 0.0935. The molecule has 0 spiro atoms. The molecule has 2 N–H and O–H groups in total. The largest absolute Gasteiger partial charge is 0.360 e. The smallest absolute Gasteiger partial charge is 0.271 e. The summed E-state index contributed by atoms with van der Waals surface area (Å²) in [7, 11) is 0. The minimum atomic E-state index is -0.207. The van der Waals surface area contributed by atoms with Gasteiger partial charge in [-0.25, -0.2) is 15.0 Å². The van der Waals surface area contributed by atoms with Crippen LogP contribution in [-0.2, 0) is 0 Å². The first-order chi connectivity index (χ1) is 12.3. The molecule has 25 heavy (non-hydrogen) atoms. The van der Waals surface area contributed by atoms with Crippen LogP contribution in [0.2, 0.25) is 0 Å². The van der Waals surface area contributed by atoms with E-state index in [9.17, 15) is 4.79 Å². The molecule has 1 fully saturated rings. The molecule has 8 nitrogen and oxygen atoms in total. The maximum absolute atomic E-state index is 12.2. The highest BCUT2D eigenvalue weighted by Crippen LogP contribution is 2.20.